The Hall–Kier alpha value is -3.16. The molecule has 27 heavy (non-hydrogen) atoms. The smallest absolute Gasteiger partial charge is 0.409 e. The third-order valence-corrected chi connectivity index (χ3v) is 4.35. The van der Waals surface area contributed by atoms with E-state index < -0.39 is 0 Å². The van der Waals surface area contributed by atoms with Crippen LogP contribution in [0.1, 0.15) is 23.0 Å². The van der Waals surface area contributed by atoms with Gasteiger partial charge in [-0.15, -0.1) is 0 Å². The summed E-state index contributed by atoms with van der Waals surface area (Å²) >= 11 is 0. The molecule has 0 aliphatic carbocycles. The average Bonchev–Trinajstić information content (AvgIpc) is 2.70. The minimum absolute atomic E-state index is 0.218. The Kier molecular flexibility index (Phi) is 5.85. The van der Waals surface area contributed by atoms with Gasteiger partial charge in [0.2, 0.25) is 0 Å². The number of benzene rings is 1. The molecule has 1 aromatic carbocycles. The van der Waals surface area contributed by atoms with Crippen LogP contribution >= 0.6 is 0 Å². The number of hydrogen-bond donors (Lipinski definition) is 0. The molecule has 2 heterocycles. The predicted molar refractivity (Wildman–Crippen MR) is 98.5 cm³/mol. The highest BCUT2D eigenvalue weighted by atomic mass is 16.6. The van der Waals surface area contributed by atoms with Crippen molar-refractivity contribution in [2.45, 2.75) is 13.5 Å². The van der Waals surface area contributed by atoms with E-state index in [-0.39, 0.29) is 23.3 Å². The first-order chi connectivity index (χ1) is 13.1. The number of carbonyl (C=O) groups excluding carboxylic acids is 2. The highest BCUT2D eigenvalue weighted by molar-refractivity contribution is 5.92. The molecule has 0 saturated carbocycles. The van der Waals surface area contributed by atoms with Crippen molar-refractivity contribution in [1.29, 1.82) is 0 Å². The zero-order valence-corrected chi connectivity index (χ0v) is 15.2. The van der Waals surface area contributed by atoms with E-state index in [1.807, 2.05) is 30.3 Å². The number of rotatable bonds is 4. The van der Waals surface area contributed by atoms with Crippen LogP contribution in [0, 0.1) is 0 Å². The summed E-state index contributed by atoms with van der Waals surface area (Å²) in [6.07, 6.45) is -0.362. The summed E-state index contributed by atoms with van der Waals surface area (Å²) in [6.45, 7) is 4.01. The normalized spacial score (nSPS) is 14.1. The number of amides is 2. The highest BCUT2D eigenvalue weighted by Crippen LogP contribution is 2.08. The summed E-state index contributed by atoms with van der Waals surface area (Å²) < 4.78 is 6.27. The average molecular weight is 370 g/mol. The van der Waals surface area contributed by atoms with E-state index in [4.69, 9.17) is 4.74 Å². The summed E-state index contributed by atoms with van der Waals surface area (Å²) in [6, 6.07) is 12.3. The van der Waals surface area contributed by atoms with E-state index >= 15 is 0 Å². The Morgan fingerprint density at radius 3 is 2.33 bits per heavy atom. The standard InChI is InChI=1S/C19H22N4O4/c1-2-27-19(26)22-12-10-21(11-13-22)18(25)16-8-9-17(24)23(20-16)14-15-6-4-3-5-7-15/h3-9H,2,10-14H2,1H3. The lowest BCUT2D eigenvalue weighted by Crippen LogP contribution is -2.51. The second-order valence-electron chi connectivity index (χ2n) is 6.18. The van der Waals surface area contributed by atoms with Gasteiger partial charge in [-0.3, -0.25) is 9.59 Å². The largest absolute Gasteiger partial charge is 0.450 e. The van der Waals surface area contributed by atoms with E-state index in [0.717, 1.165) is 5.56 Å². The van der Waals surface area contributed by atoms with Crippen LogP contribution in [-0.2, 0) is 11.3 Å². The fraction of sp³-hybridized carbons (Fsp3) is 0.368. The van der Waals surface area contributed by atoms with E-state index in [1.54, 1.807) is 16.7 Å². The monoisotopic (exact) mass is 370 g/mol. The molecule has 0 bridgehead atoms. The van der Waals surface area contributed by atoms with Gasteiger partial charge < -0.3 is 14.5 Å². The minimum atomic E-state index is -0.362. The van der Waals surface area contributed by atoms with Gasteiger partial charge in [0.05, 0.1) is 13.2 Å². The molecular formula is C19H22N4O4. The highest BCUT2D eigenvalue weighted by Gasteiger charge is 2.26. The Bertz CT molecular complexity index is 858. The summed E-state index contributed by atoms with van der Waals surface area (Å²) in [5, 5.41) is 4.23. The molecule has 0 unspecified atom stereocenters. The molecule has 0 spiro atoms. The van der Waals surface area contributed by atoms with Gasteiger partial charge in [-0.25, -0.2) is 9.48 Å². The molecule has 8 nitrogen and oxygen atoms in total. The zero-order valence-electron chi connectivity index (χ0n) is 15.2. The molecule has 0 radical (unpaired) electrons. The van der Waals surface area contributed by atoms with Gasteiger partial charge in [0.15, 0.2) is 0 Å². The fourth-order valence-corrected chi connectivity index (χ4v) is 2.90. The topological polar surface area (TPSA) is 84.7 Å². The van der Waals surface area contributed by atoms with Gasteiger partial charge in [-0.1, -0.05) is 30.3 Å². The van der Waals surface area contributed by atoms with Crippen LogP contribution in [0.3, 0.4) is 0 Å². The lowest BCUT2D eigenvalue weighted by atomic mass is 10.2. The van der Waals surface area contributed by atoms with Crippen molar-refractivity contribution >= 4 is 12.0 Å². The van der Waals surface area contributed by atoms with Crippen molar-refractivity contribution < 1.29 is 14.3 Å². The lowest BCUT2D eigenvalue weighted by molar-refractivity contribution is 0.0564. The van der Waals surface area contributed by atoms with E-state index in [9.17, 15) is 14.4 Å². The number of hydrogen-bond acceptors (Lipinski definition) is 5. The molecule has 1 aliphatic heterocycles. The number of carbonyl (C=O) groups is 2. The van der Waals surface area contributed by atoms with Crippen LogP contribution in [0.5, 0.6) is 0 Å². The van der Waals surface area contributed by atoms with Gasteiger partial charge >= 0.3 is 6.09 Å². The molecule has 8 heteroatoms. The summed E-state index contributed by atoms with van der Waals surface area (Å²) in [4.78, 5) is 39.8. The minimum Gasteiger partial charge on any atom is -0.450 e. The fourth-order valence-electron chi connectivity index (χ4n) is 2.90. The molecule has 1 aliphatic rings. The van der Waals surface area contributed by atoms with E-state index in [1.165, 1.54) is 16.8 Å². The SMILES string of the molecule is CCOC(=O)N1CCN(C(=O)c2ccc(=O)n(Cc3ccccc3)n2)CC1. The van der Waals surface area contributed by atoms with Crippen molar-refractivity contribution in [3.05, 3.63) is 64.1 Å². The molecule has 2 aromatic rings. The van der Waals surface area contributed by atoms with E-state index in [0.29, 0.717) is 39.3 Å². The first-order valence-corrected chi connectivity index (χ1v) is 8.91. The molecule has 1 saturated heterocycles. The van der Waals surface area contributed by atoms with Gasteiger partial charge in [-0.2, -0.15) is 5.10 Å². The number of piperazine rings is 1. The molecular weight excluding hydrogens is 348 g/mol. The van der Waals surface area contributed by atoms with Crippen LogP contribution in [0.15, 0.2) is 47.3 Å². The molecule has 1 aromatic heterocycles. The van der Waals surface area contributed by atoms with Crippen LogP contribution in [-0.4, -0.2) is 64.4 Å². The number of ether oxygens (including phenoxy) is 1. The third-order valence-electron chi connectivity index (χ3n) is 4.35. The maximum absolute atomic E-state index is 12.7. The maximum Gasteiger partial charge on any atom is 0.409 e. The van der Waals surface area contributed by atoms with Crippen LogP contribution in [0.4, 0.5) is 4.79 Å². The van der Waals surface area contributed by atoms with Crippen LogP contribution in [0.2, 0.25) is 0 Å². The maximum atomic E-state index is 12.7. The second-order valence-corrected chi connectivity index (χ2v) is 6.18. The molecule has 2 amide bonds. The second kappa shape index (κ2) is 8.48. The van der Waals surface area contributed by atoms with E-state index in [2.05, 4.69) is 5.10 Å². The first-order valence-electron chi connectivity index (χ1n) is 8.91. The Morgan fingerprint density at radius 2 is 1.67 bits per heavy atom. The zero-order chi connectivity index (χ0) is 19.2. The lowest BCUT2D eigenvalue weighted by Gasteiger charge is -2.33. The summed E-state index contributed by atoms with van der Waals surface area (Å²) in [7, 11) is 0. The quantitative estimate of drug-likeness (QED) is 0.808. The third kappa shape index (κ3) is 4.52. The first kappa shape index (κ1) is 18.6. The van der Waals surface area contributed by atoms with Gasteiger partial charge in [0, 0.05) is 32.2 Å². The number of aromatic nitrogens is 2. The van der Waals surface area contributed by atoms with Crippen LogP contribution in [0.25, 0.3) is 0 Å². The summed E-state index contributed by atoms with van der Waals surface area (Å²) in [5.41, 5.74) is 0.886. The Balaban J connectivity index is 1.68. The van der Waals surface area contributed by atoms with Crippen molar-refractivity contribution in [3.8, 4) is 0 Å². The van der Waals surface area contributed by atoms with Gasteiger partial charge in [0.1, 0.15) is 5.69 Å². The van der Waals surface area contributed by atoms with Crippen molar-refractivity contribution in [2.24, 2.45) is 0 Å². The van der Waals surface area contributed by atoms with Crippen molar-refractivity contribution in [1.82, 2.24) is 19.6 Å². The van der Waals surface area contributed by atoms with Gasteiger partial charge in [0.25, 0.3) is 11.5 Å². The van der Waals surface area contributed by atoms with Crippen molar-refractivity contribution in [3.63, 3.8) is 0 Å². The Labute approximate surface area is 157 Å². The molecule has 0 atom stereocenters. The van der Waals surface area contributed by atoms with Crippen molar-refractivity contribution in [2.75, 3.05) is 32.8 Å². The molecule has 142 valence electrons. The predicted octanol–water partition coefficient (Wildman–Crippen LogP) is 1.21. The number of nitrogens with zero attached hydrogens (tertiary/aromatic N) is 4. The Morgan fingerprint density at radius 1 is 1.00 bits per heavy atom. The molecule has 0 N–H and O–H groups in total. The summed E-state index contributed by atoms with van der Waals surface area (Å²) in [5.74, 6) is -0.250. The molecule has 1 fully saturated rings. The van der Waals surface area contributed by atoms with Crippen LogP contribution < -0.4 is 5.56 Å². The molecule has 3 rings (SSSR count). The van der Waals surface area contributed by atoms with Gasteiger partial charge in [-0.05, 0) is 18.6 Å².